The predicted octanol–water partition coefficient (Wildman–Crippen LogP) is 1.27. The standard InChI is InChI=1S/C18H29N5O2/c1-6-13-8-7-9-14(10-13)22-15(24)11-20-17(19-5)21-12-16(25)23-18(2,3)4/h7-10H,6,11-12H2,1-5H3,(H,22,24)(H,23,25)(H2,19,20,21). The van der Waals surface area contributed by atoms with Crippen molar-refractivity contribution in [1.82, 2.24) is 16.0 Å². The predicted molar refractivity (Wildman–Crippen MR) is 102 cm³/mol. The number of amides is 2. The second-order valence-corrected chi connectivity index (χ2v) is 6.68. The molecule has 0 unspecified atom stereocenters. The van der Waals surface area contributed by atoms with Crippen LogP contribution in [-0.4, -0.2) is 43.5 Å². The number of carbonyl (C=O) groups is 2. The minimum Gasteiger partial charge on any atom is -0.350 e. The number of hydrogen-bond donors (Lipinski definition) is 4. The third kappa shape index (κ3) is 8.74. The molecule has 0 bridgehead atoms. The van der Waals surface area contributed by atoms with E-state index in [1.807, 2.05) is 45.0 Å². The molecule has 0 aromatic heterocycles. The molecule has 0 radical (unpaired) electrons. The summed E-state index contributed by atoms with van der Waals surface area (Å²) in [5.41, 5.74) is 1.63. The molecule has 0 saturated carbocycles. The average molecular weight is 347 g/mol. The van der Waals surface area contributed by atoms with E-state index in [0.29, 0.717) is 5.96 Å². The zero-order valence-corrected chi connectivity index (χ0v) is 15.7. The van der Waals surface area contributed by atoms with Crippen LogP contribution in [0.15, 0.2) is 29.3 Å². The number of rotatable bonds is 6. The van der Waals surface area contributed by atoms with Gasteiger partial charge in [-0.2, -0.15) is 0 Å². The van der Waals surface area contributed by atoms with E-state index in [1.165, 1.54) is 0 Å². The van der Waals surface area contributed by atoms with E-state index in [-0.39, 0.29) is 30.4 Å². The molecule has 0 heterocycles. The number of carbonyl (C=O) groups excluding carboxylic acids is 2. The summed E-state index contributed by atoms with van der Waals surface area (Å²) in [6.45, 7) is 7.93. The van der Waals surface area contributed by atoms with Gasteiger partial charge in [-0.1, -0.05) is 19.1 Å². The highest BCUT2D eigenvalue weighted by molar-refractivity contribution is 5.95. The molecule has 4 N–H and O–H groups in total. The molecule has 0 aliphatic rings. The molecule has 0 fully saturated rings. The molecule has 0 saturated heterocycles. The van der Waals surface area contributed by atoms with Crippen LogP contribution in [0.3, 0.4) is 0 Å². The van der Waals surface area contributed by atoms with E-state index < -0.39 is 0 Å². The van der Waals surface area contributed by atoms with Crippen molar-refractivity contribution in [2.45, 2.75) is 39.7 Å². The molecule has 1 rings (SSSR count). The van der Waals surface area contributed by atoms with Gasteiger partial charge in [-0.25, -0.2) is 0 Å². The van der Waals surface area contributed by atoms with Gasteiger partial charge >= 0.3 is 0 Å². The summed E-state index contributed by atoms with van der Waals surface area (Å²) in [6.07, 6.45) is 0.912. The first kappa shape index (κ1) is 20.5. The van der Waals surface area contributed by atoms with E-state index in [0.717, 1.165) is 17.7 Å². The first-order valence-electron chi connectivity index (χ1n) is 8.38. The van der Waals surface area contributed by atoms with Crippen molar-refractivity contribution in [2.75, 3.05) is 25.5 Å². The molecule has 25 heavy (non-hydrogen) atoms. The smallest absolute Gasteiger partial charge is 0.243 e. The van der Waals surface area contributed by atoms with E-state index in [1.54, 1.807) is 7.05 Å². The molecular formula is C18H29N5O2. The van der Waals surface area contributed by atoms with Crippen molar-refractivity contribution in [3.05, 3.63) is 29.8 Å². The summed E-state index contributed by atoms with van der Waals surface area (Å²) >= 11 is 0. The molecule has 1 aromatic rings. The summed E-state index contributed by atoms with van der Waals surface area (Å²) < 4.78 is 0. The zero-order chi connectivity index (χ0) is 18.9. The monoisotopic (exact) mass is 347 g/mol. The van der Waals surface area contributed by atoms with Crippen LogP contribution >= 0.6 is 0 Å². The van der Waals surface area contributed by atoms with Gasteiger partial charge in [-0.15, -0.1) is 0 Å². The Morgan fingerprint density at radius 2 is 1.72 bits per heavy atom. The van der Waals surface area contributed by atoms with Crippen LogP contribution in [0.2, 0.25) is 0 Å². The highest BCUT2D eigenvalue weighted by atomic mass is 16.2. The lowest BCUT2D eigenvalue weighted by Crippen LogP contribution is -2.49. The van der Waals surface area contributed by atoms with Gasteiger partial charge in [-0.05, 0) is 44.9 Å². The zero-order valence-electron chi connectivity index (χ0n) is 15.7. The van der Waals surface area contributed by atoms with Crippen LogP contribution in [0.4, 0.5) is 5.69 Å². The summed E-state index contributed by atoms with van der Waals surface area (Å²) in [5.74, 6) is 0.0631. The van der Waals surface area contributed by atoms with Crippen LogP contribution < -0.4 is 21.3 Å². The van der Waals surface area contributed by atoms with Crippen LogP contribution in [0.25, 0.3) is 0 Å². The summed E-state index contributed by atoms with van der Waals surface area (Å²) in [7, 11) is 1.58. The van der Waals surface area contributed by atoms with Gasteiger partial charge < -0.3 is 21.3 Å². The van der Waals surface area contributed by atoms with E-state index in [2.05, 4.69) is 33.2 Å². The minimum absolute atomic E-state index is 0.0525. The van der Waals surface area contributed by atoms with Crippen molar-refractivity contribution in [2.24, 2.45) is 4.99 Å². The molecule has 7 heteroatoms. The highest BCUT2D eigenvalue weighted by Crippen LogP contribution is 2.10. The van der Waals surface area contributed by atoms with E-state index in [9.17, 15) is 9.59 Å². The Bertz CT molecular complexity index is 620. The van der Waals surface area contributed by atoms with E-state index in [4.69, 9.17) is 0 Å². The van der Waals surface area contributed by atoms with Gasteiger partial charge in [0.05, 0.1) is 13.1 Å². The second kappa shape index (κ2) is 9.66. The number of nitrogens with one attached hydrogen (secondary N) is 4. The highest BCUT2D eigenvalue weighted by Gasteiger charge is 2.13. The van der Waals surface area contributed by atoms with Gasteiger partial charge in [0.15, 0.2) is 5.96 Å². The molecular weight excluding hydrogens is 318 g/mol. The van der Waals surface area contributed by atoms with Crippen molar-refractivity contribution >= 4 is 23.5 Å². The normalized spacial score (nSPS) is 11.6. The number of aliphatic imine (C=N–C) groups is 1. The van der Waals surface area contributed by atoms with Gasteiger partial charge in [0, 0.05) is 18.3 Å². The third-order valence-electron chi connectivity index (χ3n) is 3.19. The summed E-state index contributed by atoms with van der Waals surface area (Å²) in [4.78, 5) is 27.8. The molecule has 0 aliphatic carbocycles. The largest absolute Gasteiger partial charge is 0.350 e. The summed E-state index contributed by atoms with van der Waals surface area (Å²) in [6, 6.07) is 7.72. The van der Waals surface area contributed by atoms with Gasteiger partial charge in [0.1, 0.15) is 0 Å². The van der Waals surface area contributed by atoms with Gasteiger partial charge in [-0.3, -0.25) is 14.6 Å². The van der Waals surface area contributed by atoms with Crippen molar-refractivity contribution in [3.63, 3.8) is 0 Å². The second-order valence-electron chi connectivity index (χ2n) is 6.68. The first-order chi connectivity index (χ1) is 11.7. The molecule has 7 nitrogen and oxygen atoms in total. The Labute approximate surface area is 149 Å². The maximum atomic E-state index is 12.0. The van der Waals surface area contributed by atoms with Crippen molar-refractivity contribution < 1.29 is 9.59 Å². The topological polar surface area (TPSA) is 94.6 Å². The molecule has 0 spiro atoms. The summed E-state index contributed by atoms with van der Waals surface area (Å²) in [5, 5.41) is 11.4. The number of benzene rings is 1. The van der Waals surface area contributed by atoms with Crippen LogP contribution in [0, 0.1) is 0 Å². The number of anilines is 1. The van der Waals surface area contributed by atoms with Gasteiger partial charge in [0.2, 0.25) is 11.8 Å². The maximum Gasteiger partial charge on any atom is 0.243 e. The lowest BCUT2D eigenvalue weighted by molar-refractivity contribution is -0.121. The Morgan fingerprint density at radius 3 is 2.28 bits per heavy atom. The Kier molecular flexibility index (Phi) is 7.91. The molecule has 1 aromatic carbocycles. The molecule has 0 atom stereocenters. The maximum absolute atomic E-state index is 12.0. The van der Waals surface area contributed by atoms with Crippen LogP contribution in [0.5, 0.6) is 0 Å². The Morgan fingerprint density at radius 1 is 1.08 bits per heavy atom. The quantitative estimate of drug-likeness (QED) is 0.460. The lowest BCUT2D eigenvalue weighted by atomic mass is 10.1. The lowest BCUT2D eigenvalue weighted by Gasteiger charge is -2.21. The molecule has 2 amide bonds. The Hall–Kier alpha value is -2.57. The van der Waals surface area contributed by atoms with Crippen LogP contribution in [0.1, 0.15) is 33.3 Å². The Balaban J connectivity index is 2.41. The fourth-order valence-corrected chi connectivity index (χ4v) is 2.09. The molecule has 138 valence electrons. The van der Waals surface area contributed by atoms with Crippen molar-refractivity contribution in [1.29, 1.82) is 0 Å². The molecule has 0 aliphatic heterocycles. The minimum atomic E-state index is -0.289. The number of guanidine groups is 1. The van der Waals surface area contributed by atoms with Crippen molar-refractivity contribution in [3.8, 4) is 0 Å². The fraction of sp³-hybridized carbons (Fsp3) is 0.500. The number of hydrogen-bond acceptors (Lipinski definition) is 3. The average Bonchev–Trinajstić information content (AvgIpc) is 2.53. The number of aryl methyl sites for hydroxylation is 1. The number of nitrogens with zero attached hydrogens (tertiary/aromatic N) is 1. The fourth-order valence-electron chi connectivity index (χ4n) is 2.09. The van der Waals surface area contributed by atoms with Gasteiger partial charge in [0.25, 0.3) is 0 Å². The van der Waals surface area contributed by atoms with Crippen LogP contribution in [-0.2, 0) is 16.0 Å². The first-order valence-corrected chi connectivity index (χ1v) is 8.38. The van der Waals surface area contributed by atoms with E-state index >= 15 is 0 Å². The SMILES string of the molecule is CCc1cccc(NC(=O)CNC(=NC)NCC(=O)NC(C)(C)C)c1. The third-order valence-corrected chi connectivity index (χ3v) is 3.19.